The van der Waals surface area contributed by atoms with Gasteiger partial charge in [0.15, 0.2) is 0 Å². The van der Waals surface area contributed by atoms with Crippen molar-refractivity contribution in [3.05, 3.63) is 35.1 Å². The molecule has 0 fully saturated rings. The van der Waals surface area contributed by atoms with Crippen LogP contribution < -0.4 is 4.74 Å². The van der Waals surface area contributed by atoms with Crippen LogP contribution in [0.5, 0.6) is 5.75 Å². The first-order valence-electron chi connectivity index (χ1n) is 3.89. The fourth-order valence-electron chi connectivity index (χ4n) is 1.31. The number of methoxy groups -OCH3 is 1. The molecule has 1 aromatic heterocycles. The van der Waals surface area contributed by atoms with Gasteiger partial charge in [0.05, 0.1) is 7.11 Å². The van der Waals surface area contributed by atoms with E-state index in [-0.39, 0.29) is 0 Å². The number of ether oxygens (including phenoxy) is 1. The highest BCUT2D eigenvalue weighted by atomic mass is 79.9. The molecule has 2 nitrogen and oxygen atoms in total. The topological polar surface area (TPSA) is 22.1 Å². The van der Waals surface area contributed by atoms with Gasteiger partial charge in [0.2, 0.25) is 0 Å². The van der Waals surface area contributed by atoms with Crippen LogP contribution in [0.1, 0.15) is 0 Å². The van der Waals surface area contributed by atoms with Crippen molar-refractivity contribution in [1.82, 2.24) is 4.98 Å². The summed E-state index contributed by atoms with van der Waals surface area (Å²) in [4.78, 5) is 4.06. The van der Waals surface area contributed by atoms with Gasteiger partial charge in [-0.3, -0.25) is 4.98 Å². The van der Waals surface area contributed by atoms with Crippen LogP contribution in [0.25, 0.3) is 10.8 Å². The van der Waals surface area contributed by atoms with Crippen LogP contribution in [0.2, 0.25) is 0 Å². The third-order valence-electron chi connectivity index (χ3n) is 1.94. The van der Waals surface area contributed by atoms with Crippen molar-refractivity contribution in [3.8, 4) is 5.75 Å². The number of pyridine rings is 1. The maximum atomic E-state index is 5.22. The van der Waals surface area contributed by atoms with Crippen LogP contribution in [-0.4, -0.2) is 12.1 Å². The van der Waals surface area contributed by atoms with E-state index in [1.165, 1.54) is 0 Å². The molecule has 1 aromatic carbocycles. The number of fused-ring (bicyclic) bond motifs is 1. The average molecular weight is 238 g/mol. The summed E-state index contributed by atoms with van der Waals surface area (Å²) >= 11 is 3.48. The quantitative estimate of drug-likeness (QED) is 0.761. The van der Waals surface area contributed by atoms with Crippen LogP contribution in [-0.2, 0) is 0 Å². The molecule has 0 unspecified atom stereocenters. The van der Waals surface area contributed by atoms with E-state index >= 15 is 0 Å². The summed E-state index contributed by atoms with van der Waals surface area (Å²) in [5.74, 6) is 0.853. The van der Waals surface area contributed by atoms with Crippen molar-refractivity contribution in [1.29, 1.82) is 0 Å². The first-order valence-corrected chi connectivity index (χ1v) is 4.68. The molecule has 3 heteroatoms. The van der Waals surface area contributed by atoms with Gasteiger partial charge in [0, 0.05) is 27.6 Å². The molecule has 0 aliphatic carbocycles. The molecule has 0 amide bonds. The number of benzene rings is 1. The molecular weight excluding hydrogens is 230 g/mol. The Morgan fingerprint density at radius 1 is 1.23 bits per heavy atom. The molecule has 0 atom stereocenters. The van der Waals surface area contributed by atoms with Gasteiger partial charge >= 0.3 is 0 Å². The summed E-state index contributed by atoms with van der Waals surface area (Å²) in [6.45, 7) is 0. The maximum absolute atomic E-state index is 5.22. The summed E-state index contributed by atoms with van der Waals surface area (Å²) < 4.78 is 6.28. The van der Waals surface area contributed by atoms with E-state index in [2.05, 4.69) is 20.9 Å². The van der Waals surface area contributed by atoms with E-state index in [0.29, 0.717) is 0 Å². The second kappa shape index (κ2) is 3.34. The van der Waals surface area contributed by atoms with Crippen LogP contribution in [0, 0.1) is 0 Å². The van der Waals surface area contributed by atoms with E-state index in [0.717, 1.165) is 21.0 Å². The molecular formula is C10H8BrNO. The van der Waals surface area contributed by atoms with Gasteiger partial charge in [-0.15, -0.1) is 0 Å². The summed E-state index contributed by atoms with van der Waals surface area (Å²) in [6, 6.07) is 5.86. The van der Waals surface area contributed by atoms with Gasteiger partial charge in [-0.2, -0.15) is 0 Å². The molecule has 13 heavy (non-hydrogen) atoms. The minimum absolute atomic E-state index is 0.853. The molecule has 1 heterocycles. The normalized spacial score (nSPS) is 10.3. The summed E-state index contributed by atoms with van der Waals surface area (Å²) in [7, 11) is 1.66. The van der Waals surface area contributed by atoms with Gasteiger partial charge in [0.25, 0.3) is 0 Å². The third kappa shape index (κ3) is 1.40. The van der Waals surface area contributed by atoms with Crippen molar-refractivity contribution < 1.29 is 4.74 Å². The zero-order valence-electron chi connectivity index (χ0n) is 7.12. The summed E-state index contributed by atoms with van der Waals surface area (Å²) in [6.07, 6.45) is 3.57. The smallest absolute Gasteiger partial charge is 0.128 e. The van der Waals surface area contributed by atoms with E-state index in [1.807, 2.05) is 18.2 Å². The molecule has 0 saturated heterocycles. The molecule has 0 bridgehead atoms. The number of aromatic nitrogens is 1. The monoisotopic (exact) mass is 237 g/mol. The highest BCUT2D eigenvalue weighted by Crippen LogP contribution is 2.30. The van der Waals surface area contributed by atoms with Crippen molar-refractivity contribution in [2.75, 3.05) is 7.11 Å². The number of hydrogen-bond acceptors (Lipinski definition) is 2. The number of hydrogen-bond donors (Lipinski definition) is 0. The Hall–Kier alpha value is -1.09. The third-order valence-corrected chi connectivity index (χ3v) is 2.64. The van der Waals surface area contributed by atoms with Crippen molar-refractivity contribution in [2.24, 2.45) is 0 Å². The van der Waals surface area contributed by atoms with Crippen molar-refractivity contribution >= 4 is 26.7 Å². The van der Waals surface area contributed by atoms with Crippen LogP contribution in [0.3, 0.4) is 0 Å². The fraction of sp³-hybridized carbons (Fsp3) is 0.100. The van der Waals surface area contributed by atoms with Crippen molar-refractivity contribution in [3.63, 3.8) is 0 Å². The van der Waals surface area contributed by atoms with E-state index in [9.17, 15) is 0 Å². The van der Waals surface area contributed by atoms with E-state index < -0.39 is 0 Å². The van der Waals surface area contributed by atoms with Gasteiger partial charge in [-0.25, -0.2) is 0 Å². The molecule has 0 radical (unpaired) electrons. The molecule has 0 N–H and O–H groups in total. The molecule has 0 saturated carbocycles. The second-order valence-electron chi connectivity index (χ2n) is 2.67. The number of rotatable bonds is 1. The molecule has 2 rings (SSSR count). The van der Waals surface area contributed by atoms with Crippen molar-refractivity contribution in [2.45, 2.75) is 0 Å². The lowest BCUT2D eigenvalue weighted by atomic mass is 10.1. The Bertz CT molecular complexity index is 442. The highest BCUT2D eigenvalue weighted by Gasteiger charge is 2.03. The predicted octanol–water partition coefficient (Wildman–Crippen LogP) is 3.01. The minimum atomic E-state index is 0.853. The summed E-state index contributed by atoms with van der Waals surface area (Å²) in [5, 5.41) is 2.15. The Balaban J connectivity index is 2.84. The lowest BCUT2D eigenvalue weighted by Crippen LogP contribution is -1.85. The Morgan fingerprint density at radius 2 is 2.08 bits per heavy atom. The Morgan fingerprint density at radius 3 is 2.85 bits per heavy atom. The molecule has 2 aromatic rings. The predicted molar refractivity (Wildman–Crippen MR) is 56.0 cm³/mol. The fourth-order valence-corrected chi connectivity index (χ4v) is 1.78. The SMILES string of the molecule is COc1ccc(Br)c2ccncc12. The van der Waals surface area contributed by atoms with Crippen LogP contribution >= 0.6 is 15.9 Å². The van der Waals surface area contributed by atoms with Gasteiger partial charge in [-0.05, 0) is 18.2 Å². The Kier molecular flexibility index (Phi) is 2.19. The van der Waals surface area contributed by atoms with Gasteiger partial charge < -0.3 is 4.74 Å². The minimum Gasteiger partial charge on any atom is -0.496 e. The zero-order chi connectivity index (χ0) is 9.26. The molecule has 66 valence electrons. The first-order chi connectivity index (χ1) is 6.33. The number of halogens is 1. The van der Waals surface area contributed by atoms with Gasteiger partial charge in [-0.1, -0.05) is 15.9 Å². The first kappa shape index (κ1) is 8.51. The second-order valence-corrected chi connectivity index (χ2v) is 3.53. The lowest BCUT2D eigenvalue weighted by molar-refractivity contribution is 0.419. The van der Waals surface area contributed by atoms with Gasteiger partial charge in [0.1, 0.15) is 5.75 Å². The van der Waals surface area contributed by atoms with Crippen LogP contribution in [0.4, 0.5) is 0 Å². The Labute approximate surface area is 84.7 Å². The largest absolute Gasteiger partial charge is 0.496 e. The van der Waals surface area contributed by atoms with E-state index in [1.54, 1.807) is 19.5 Å². The molecule has 0 aliphatic heterocycles. The lowest BCUT2D eigenvalue weighted by Gasteiger charge is -2.05. The maximum Gasteiger partial charge on any atom is 0.128 e. The number of nitrogens with zero attached hydrogens (tertiary/aromatic N) is 1. The highest BCUT2D eigenvalue weighted by molar-refractivity contribution is 9.10. The standard InChI is InChI=1S/C10H8BrNO/c1-13-10-3-2-9(11)7-4-5-12-6-8(7)10/h2-6H,1H3. The van der Waals surface area contributed by atoms with E-state index in [4.69, 9.17) is 4.74 Å². The summed E-state index contributed by atoms with van der Waals surface area (Å²) in [5.41, 5.74) is 0. The molecule has 0 spiro atoms. The van der Waals surface area contributed by atoms with Crippen LogP contribution in [0.15, 0.2) is 35.1 Å². The zero-order valence-corrected chi connectivity index (χ0v) is 8.71. The molecule has 0 aliphatic rings. The average Bonchev–Trinajstić information content (AvgIpc) is 2.19.